The van der Waals surface area contributed by atoms with Crippen LogP contribution in [0.2, 0.25) is 0 Å². The Morgan fingerprint density at radius 3 is 3.08 bits per heavy atom. The molecule has 0 amide bonds. The van der Waals surface area contributed by atoms with E-state index < -0.39 is 0 Å². The Balaban J connectivity index is 2.31. The molecule has 0 unspecified atom stereocenters. The number of benzene rings is 1. The maximum atomic E-state index is 8.75. The van der Waals surface area contributed by atoms with E-state index in [0.29, 0.717) is 0 Å². The minimum absolute atomic E-state index is 0.239. The Bertz CT molecular complexity index is 313. The molecule has 1 nitrogen and oxygen atoms in total. The van der Waals surface area contributed by atoms with Gasteiger partial charge in [0.1, 0.15) is 0 Å². The summed E-state index contributed by atoms with van der Waals surface area (Å²) in [6.45, 7) is 0.239. The lowest BCUT2D eigenvalue weighted by atomic mass is 10.0. The molecule has 0 heterocycles. The first-order valence-electron chi connectivity index (χ1n) is 4.29. The van der Waals surface area contributed by atoms with Crippen LogP contribution >= 0.6 is 0 Å². The van der Waals surface area contributed by atoms with Crippen molar-refractivity contribution in [2.75, 3.05) is 6.61 Å². The molecule has 12 heavy (non-hydrogen) atoms. The van der Waals surface area contributed by atoms with Gasteiger partial charge in [-0.1, -0.05) is 30.4 Å². The number of hydrogen-bond acceptors (Lipinski definition) is 1. The number of fused-ring (bicyclic) bond motifs is 1. The molecule has 1 N–H and O–H groups in total. The average molecular weight is 160 g/mol. The summed E-state index contributed by atoms with van der Waals surface area (Å²) in [5.41, 5.74) is 3.94. The monoisotopic (exact) mass is 160 g/mol. The van der Waals surface area contributed by atoms with E-state index in [1.165, 1.54) is 16.7 Å². The van der Waals surface area contributed by atoms with E-state index in [1.54, 1.807) is 0 Å². The molecule has 0 spiro atoms. The maximum absolute atomic E-state index is 8.75. The van der Waals surface area contributed by atoms with Crippen LogP contribution in [0.1, 0.15) is 16.7 Å². The molecule has 1 aliphatic rings. The summed E-state index contributed by atoms with van der Waals surface area (Å²) in [5, 5.41) is 8.75. The minimum atomic E-state index is 0.239. The van der Waals surface area contributed by atoms with Crippen LogP contribution < -0.4 is 0 Å². The second-order valence-corrected chi connectivity index (χ2v) is 3.11. The first kappa shape index (κ1) is 7.56. The zero-order valence-corrected chi connectivity index (χ0v) is 6.96. The topological polar surface area (TPSA) is 20.2 Å². The van der Waals surface area contributed by atoms with E-state index in [1.807, 2.05) is 0 Å². The summed E-state index contributed by atoms with van der Waals surface area (Å²) in [6.07, 6.45) is 6.15. The standard InChI is InChI=1S/C11H12O/c12-7-6-9-4-5-10-2-1-3-11(10)8-9/h1,3-5,8,12H,2,6-7H2. The Morgan fingerprint density at radius 1 is 1.33 bits per heavy atom. The van der Waals surface area contributed by atoms with E-state index in [9.17, 15) is 0 Å². The highest BCUT2D eigenvalue weighted by atomic mass is 16.2. The molecule has 0 radical (unpaired) electrons. The van der Waals surface area contributed by atoms with Gasteiger partial charge in [0.2, 0.25) is 0 Å². The second-order valence-electron chi connectivity index (χ2n) is 3.11. The zero-order chi connectivity index (χ0) is 8.39. The summed E-state index contributed by atoms with van der Waals surface area (Å²) in [4.78, 5) is 0. The molecule has 0 fully saturated rings. The Morgan fingerprint density at radius 2 is 2.25 bits per heavy atom. The van der Waals surface area contributed by atoms with Crippen molar-refractivity contribution in [2.24, 2.45) is 0 Å². The van der Waals surface area contributed by atoms with Gasteiger partial charge in [0.25, 0.3) is 0 Å². The molecule has 1 aromatic rings. The van der Waals surface area contributed by atoms with Crippen molar-refractivity contribution in [3.05, 3.63) is 41.0 Å². The molecule has 0 bridgehead atoms. The zero-order valence-electron chi connectivity index (χ0n) is 6.96. The van der Waals surface area contributed by atoms with Crippen molar-refractivity contribution in [3.8, 4) is 0 Å². The summed E-state index contributed by atoms with van der Waals surface area (Å²) >= 11 is 0. The van der Waals surface area contributed by atoms with Gasteiger partial charge in [-0.2, -0.15) is 0 Å². The van der Waals surface area contributed by atoms with Crippen LogP contribution in [0.3, 0.4) is 0 Å². The van der Waals surface area contributed by atoms with Crippen LogP contribution in [0.25, 0.3) is 6.08 Å². The van der Waals surface area contributed by atoms with Crippen molar-refractivity contribution in [1.82, 2.24) is 0 Å². The highest BCUT2D eigenvalue weighted by molar-refractivity contribution is 5.60. The van der Waals surface area contributed by atoms with Gasteiger partial charge in [-0.15, -0.1) is 0 Å². The van der Waals surface area contributed by atoms with Gasteiger partial charge in [-0.3, -0.25) is 0 Å². The second kappa shape index (κ2) is 3.11. The summed E-state index contributed by atoms with van der Waals surface area (Å²) in [7, 11) is 0. The lowest BCUT2D eigenvalue weighted by Crippen LogP contribution is -1.91. The predicted octanol–water partition coefficient (Wildman–Crippen LogP) is 1.79. The molecule has 1 aromatic carbocycles. The number of aliphatic hydroxyl groups excluding tert-OH is 1. The van der Waals surface area contributed by atoms with Gasteiger partial charge >= 0.3 is 0 Å². The number of rotatable bonds is 2. The van der Waals surface area contributed by atoms with Gasteiger partial charge in [0.15, 0.2) is 0 Å². The van der Waals surface area contributed by atoms with Crippen molar-refractivity contribution < 1.29 is 5.11 Å². The number of allylic oxidation sites excluding steroid dienone is 1. The summed E-state index contributed by atoms with van der Waals surface area (Å²) in [5.74, 6) is 0. The highest BCUT2D eigenvalue weighted by Crippen LogP contribution is 2.20. The fourth-order valence-electron chi connectivity index (χ4n) is 1.58. The first-order chi connectivity index (χ1) is 5.90. The Labute approximate surface area is 72.4 Å². The van der Waals surface area contributed by atoms with Crippen molar-refractivity contribution in [1.29, 1.82) is 0 Å². The molecular weight excluding hydrogens is 148 g/mol. The van der Waals surface area contributed by atoms with Crippen LogP contribution in [-0.2, 0) is 12.8 Å². The van der Waals surface area contributed by atoms with Crippen molar-refractivity contribution in [2.45, 2.75) is 12.8 Å². The number of aliphatic hydroxyl groups is 1. The van der Waals surface area contributed by atoms with Gasteiger partial charge in [-0.25, -0.2) is 0 Å². The molecule has 0 aliphatic heterocycles. The molecule has 0 aromatic heterocycles. The minimum Gasteiger partial charge on any atom is -0.396 e. The Hall–Kier alpha value is -1.08. The summed E-state index contributed by atoms with van der Waals surface area (Å²) in [6, 6.07) is 6.41. The van der Waals surface area contributed by atoms with Gasteiger partial charge in [0, 0.05) is 6.61 Å². The third kappa shape index (κ3) is 1.28. The van der Waals surface area contributed by atoms with Gasteiger partial charge < -0.3 is 5.11 Å². The van der Waals surface area contributed by atoms with Crippen molar-refractivity contribution >= 4 is 6.08 Å². The third-order valence-corrected chi connectivity index (χ3v) is 2.25. The highest BCUT2D eigenvalue weighted by Gasteiger charge is 2.04. The number of hydrogen-bond donors (Lipinski definition) is 1. The van der Waals surface area contributed by atoms with Crippen molar-refractivity contribution in [3.63, 3.8) is 0 Å². The molecule has 1 heteroatoms. The maximum Gasteiger partial charge on any atom is 0.0471 e. The Kier molecular flexibility index (Phi) is 1.96. The van der Waals surface area contributed by atoms with E-state index in [-0.39, 0.29) is 6.61 Å². The normalized spacial score (nSPS) is 13.4. The van der Waals surface area contributed by atoms with Crippen LogP contribution in [0.15, 0.2) is 24.3 Å². The fourth-order valence-corrected chi connectivity index (χ4v) is 1.58. The smallest absolute Gasteiger partial charge is 0.0471 e. The lowest BCUT2D eigenvalue weighted by Gasteiger charge is -2.02. The van der Waals surface area contributed by atoms with Crippen LogP contribution in [-0.4, -0.2) is 11.7 Å². The van der Waals surface area contributed by atoms with E-state index in [4.69, 9.17) is 5.11 Å². The molecule has 62 valence electrons. The van der Waals surface area contributed by atoms with Gasteiger partial charge in [-0.05, 0) is 29.5 Å². The molecule has 0 saturated carbocycles. The molecule has 1 aliphatic carbocycles. The van der Waals surface area contributed by atoms with E-state index in [0.717, 1.165) is 12.8 Å². The summed E-state index contributed by atoms with van der Waals surface area (Å²) < 4.78 is 0. The fraction of sp³-hybridized carbons (Fsp3) is 0.273. The van der Waals surface area contributed by atoms with Crippen LogP contribution in [0, 0.1) is 0 Å². The average Bonchev–Trinajstić information content (AvgIpc) is 2.51. The van der Waals surface area contributed by atoms with E-state index in [2.05, 4.69) is 30.4 Å². The first-order valence-corrected chi connectivity index (χ1v) is 4.29. The molecule has 2 rings (SSSR count). The van der Waals surface area contributed by atoms with Crippen LogP contribution in [0.5, 0.6) is 0 Å². The lowest BCUT2D eigenvalue weighted by molar-refractivity contribution is 0.299. The van der Waals surface area contributed by atoms with E-state index >= 15 is 0 Å². The SMILES string of the molecule is OCCc1ccc2c(c1)C=CC2. The third-order valence-electron chi connectivity index (χ3n) is 2.25. The van der Waals surface area contributed by atoms with Crippen LogP contribution in [0.4, 0.5) is 0 Å². The molecule has 0 saturated heterocycles. The quantitative estimate of drug-likeness (QED) is 0.699. The van der Waals surface area contributed by atoms with Gasteiger partial charge in [0.05, 0.1) is 0 Å². The molecular formula is C11H12O. The predicted molar refractivity (Wildman–Crippen MR) is 50.0 cm³/mol. The molecule has 0 atom stereocenters. The largest absolute Gasteiger partial charge is 0.396 e.